The van der Waals surface area contributed by atoms with E-state index in [1.165, 1.54) is 16.2 Å². The normalized spacial score (nSPS) is 16.8. The number of aryl methyl sites for hydroxylation is 1. The lowest BCUT2D eigenvalue weighted by Crippen LogP contribution is -2.27. The van der Waals surface area contributed by atoms with Crippen molar-refractivity contribution < 1.29 is 9.59 Å². The number of carbonyl (C=O) groups excluding carboxylic acids is 2. The first-order valence-electron chi connectivity index (χ1n) is 8.99. The maximum Gasteiger partial charge on any atom is 0.256 e. The van der Waals surface area contributed by atoms with Gasteiger partial charge in [-0.2, -0.15) is 0 Å². The predicted molar refractivity (Wildman–Crippen MR) is 107 cm³/mol. The van der Waals surface area contributed by atoms with E-state index in [9.17, 15) is 9.59 Å². The fourth-order valence-corrected chi connectivity index (χ4v) is 4.88. The van der Waals surface area contributed by atoms with Crippen molar-refractivity contribution in [1.29, 1.82) is 0 Å². The van der Waals surface area contributed by atoms with E-state index in [1.54, 1.807) is 12.1 Å². The molecule has 0 fully saturated rings. The van der Waals surface area contributed by atoms with Crippen LogP contribution in [-0.4, -0.2) is 11.8 Å². The number of amides is 2. The second-order valence-electron chi connectivity index (χ2n) is 8.20. The Labute approximate surface area is 158 Å². The first-order valence-corrected chi connectivity index (χ1v) is 9.81. The van der Waals surface area contributed by atoms with Crippen LogP contribution < -0.4 is 11.1 Å². The van der Waals surface area contributed by atoms with E-state index in [0.29, 0.717) is 22.0 Å². The van der Waals surface area contributed by atoms with Crippen LogP contribution in [0.3, 0.4) is 0 Å². The highest BCUT2D eigenvalue weighted by molar-refractivity contribution is 7.17. The van der Waals surface area contributed by atoms with E-state index >= 15 is 0 Å². The van der Waals surface area contributed by atoms with Crippen LogP contribution in [-0.2, 0) is 12.8 Å². The van der Waals surface area contributed by atoms with Gasteiger partial charge in [-0.15, -0.1) is 11.3 Å². The van der Waals surface area contributed by atoms with E-state index < -0.39 is 5.91 Å². The van der Waals surface area contributed by atoms with E-state index in [0.717, 1.165) is 30.4 Å². The molecule has 0 saturated heterocycles. The van der Waals surface area contributed by atoms with Gasteiger partial charge >= 0.3 is 0 Å². The zero-order valence-corrected chi connectivity index (χ0v) is 16.6. The molecule has 2 amide bonds. The molecular formula is C21H26N2O2S. The average molecular weight is 371 g/mol. The van der Waals surface area contributed by atoms with E-state index in [2.05, 4.69) is 26.1 Å². The molecule has 1 atom stereocenters. The fourth-order valence-electron chi connectivity index (χ4n) is 3.55. The number of nitrogens with two attached hydrogens (primary N) is 1. The molecule has 138 valence electrons. The Kier molecular flexibility index (Phi) is 4.93. The Morgan fingerprint density at radius 1 is 1.19 bits per heavy atom. The number of rotatable bonds is 3. The maximum absolute atomic E-state index is 12.6. The molecule has 4 nitrogen and oxygen atoms in total. The van der Waals surface area contributed by atoms with Gasteiger partial charge < -0.3 is 11.1 Å². The van der Waals surface area contributed by atoms with Gasteiger partial charge in [-0.3, -0.25) is 9.59 Å². The summed E-state index contributed by atoms with van der Waals surface area (Å²) in [7, 11) is 0. The molecule has 1 aromatic carbocycles. The van der Waals surface area contributed by atoms with Crippen molar-refractivity contribution in [2.24, 2.45) is 17.1 Å². The third-order valence-corrected chi connectivity index (χ3v) is 6.45. The second kappa shape index (κ2) is 6.88. The van der Waals surface area contributed by atoms with Crippen LogP contribution in [0.2, 0.25) is 0 Å². The summed E-state index contributed by atoms with van der Waals surface area (Å²) < 4.78 is 0. The van der Waals surface area contributed by atoms with Gasteiger partial charge in [0.15, 0.2) is 0 Å². The van der Waals surface area contributed by atoms with Gasteiger partial charge in [0.05, 0.1) is 5.56 Å². The van der Waals surface area contributed by atoms with Gasteiger partial charge in [-0.25, -0.2) is 0 Å². The largest absolute Gasteiger partial charge is 0.365 e. The molecule has 3 N–H and O–H groups in total. The van der Waals surface area contributed by atoms with Crippen LogP contribution in [0.1, 0.15) is 63.9 Å². The van der Waals surface area contributed by atoms with E-state index in [4.69, 9.17) is 5.73 Å². The molecule has 2 aromatic rings. The van der Waals surface area contributed by atoms with Gasteiger partial charge in [0.2, 0.25) is 0 Å². The number of benzene rings is 1. The molecule has 1 unspecified atom stereocenters. The molecule has 0 aliphatic heterocycles. The molecule has 26 heavy (non-hydrogen) atoms. The second-order valence-corrected chi connectivity index (χ2v) is 9.30. The van der Waals surface area contributed by atoms with Crippen molar-refractivity contribution >= 4 is 28.2 Å². The van der Waals surface area contributed by atoms with Crippen LogP contribution in [0.5, 0.6) is 0 Å². The number of nitrogens with one attached hydrogen (secondary N) is 1. The summed E-state index contributed by atoms with van der Waals surface area (Å²) in [5, 5.41) is 3.50. The number of carbonyl (C=O) groups is 2. The minimum atomic E-state index is -0.462. The highest BCUT2D eigenvalue weighted by atomic mass is 32.1. The Hall–Kier alpha value is -2.14. The number of anilines is 1. The highest BCUT2D eigenvalue weighted by Gasteiger charge is 2.33. The maximum atomic E-state index is 12.6. The SMILES string of the molecule is Cc1ccc(C(=O)Nc2sc3c(c2C(N)=O)CCC(C(C)(C)C)C3)cc1. The lowest BCUT2D eigenvalue weighted by molar-refractivity contribution is 0.1000. The molecule has 1 heterocycles. The minimum Gasteiger partial charge on any atom is -0.365 e. The number of hydrogen-bond acceptors (Lipinski definition) is 3. The van der Waals surface area contributed by atoms with Crippen LogP contribution in [0.4, 0.5) is 5.00 Å². The number of primary amides is 1. The van der Waals surface area contributed by atoms with Crippen LogP contribution in [0, 0.1) is 18.3 Å². The average Bonchev–Trinajstić information content (AvgIpc) is 2.91. The summed E-state index contributed by atoms with van der Waals surface area (Å²) >= 11 is 1.50. The molecule has 0 saturated carbocycles. The Morgan fingerprint density at radius 3 is 2.42 bits per heavy atom. The van der Waals surface area contributed by atoms with Crippen LogP contribution in [0.25, 0.3) is 0 Å². The minimum absolute atomic E-state index is 0.210. The van der Waals surface area contributed by atoms with E-state index in [-0.39, 0.29) is 11.3 Å². The third-order valence-electron chi connectivity index (χ3n) is 5.28. The predicted octanol–water partition coefficient (Wildman–Crippen LogP) is 4.56. The number of fused-ring (bicyclic) bond motifs is 1. The molecule has 1 aliphatic carbocycles. The molecule has 0 bridgehead atoms. The Morgan fingerprint density at radius 2 is 1.85 bits per heavy atom. The quantitative estimate of drug-likeness (QED) is 0.831. The Balaban J connectivity index is 1.91. The van der Waals surface area contributed by atoms with Crippen LogP contribution >= 0.6 is 11.3 Å². The van der Waals surface area contributed by atoms with Crippen molar-refractivity contribution in [2.45, 2.75) is 47.0 Å². The van der Waals surface area contributed by atoms with Gasteiger partial charge in [-0.1, -0.05) is 38.5 Å². The summed E-state index contributed by atoms with van der Waals surface area (Å²) in [5.74, 6) is -0.107. The number of thiophene rings is 1. The van der Waals surface area contributed by atoms with Gasteiger partial charge in [0, 0.05) is 10.4 Å². The third kappa shape index (κ3) is 3.68. The number of hydrogen-bond donors (Lipinski definition) is 2. The molecule has 0 spiro atoms. The molecule has 3 rings (SSSR count). The molecule has 0 radical (unpaired) electrons. The van der Waals surface area contributed by atoms with Crippen molar-refractivity contribution in [3.8, 4) is 0 Å². The first-order chi connectivity index (χ1) is 12.2. The zero-order valence-electron chi connectivity index (χ0n) is 15.8. The summed E-state index contributed by atoms with van der Waals surface area (Å²) in [4.78, 5) is 25.8. The lowest BCUT2D eigenvalue weighted by atomic mass is 9.72. The van der Waals surface area contributed by atoms with Crippen molar-refractivity contribution in [2.75, 3.05) is 5.32 Å². The van der Waals surface area contributed by atoms with Crippen molar-refractivity contribution in [1.82, 2.24) is 0 Å². The summed E-state index contributed by atoms with van der Waals surface area (Å²) in [6, 6.07) is 7.38. The van der Waals surface area contributed by atoms with Gasteiger partial charge in [-0.05, 0) is 55.2 Å². The topological polar surface area (TPSA) is 72.2 Å². The standard InChI is InChI=1S/C21H26N2O2S/c1-12-5-7-13(8-6-12)19(25)23-20-17(18(22)24)15-10-9-14(21(2,3)4)11-16(15)26-20/h5-8,14H,9-11H2,1-4H3,(H2,22,24)(H,23,25). The lowest BCUT2D eigenvalue weighted by Gasteiger charge is -2.33. The van der Waals surface area contributed by atoms with Crippen LogP contribution in [0.15, 0.2) is 24.3 Å². The van der Waals surface area contributed by atoms with Gasteiger partial charge in [0.25, 0.3) is 11.8 Å². The zero-order chi connectivity index (χ0) is 19.1. The van der Waals surface area contributed by atoms with Gasteiger partial charge in [0.1, 0.15) is 5.00 Å². The van der Waals surface area contributed by atoms with E-state index in [1.807, 2.05) is 19.1 Å². The molecular weight excluding hydrogens is 344 g/mol. The Bertz CT molecular complexity index is 844. The first kappa shape index (κ1) is 18.6. The summed E-state index contributed by atoms with van der Waals surface area (Å²) in [6.07, 6.45) is 2.81. The van der Waals surface area contributed by atoms with Crippen molar-refractivity contribution in [3.63, 3.8) is 0 Å². The van der Waals surface area contributed by atoms with Crippen molar-refractivity contribution in [3.05, 3.63) is 51.4 Å². The highest BCUT2D eigenvalue weighted by Crippen LogP contribution is 2.44. The monoisotopic (exact) mass is 370 g/mol. The smallest absolute Gasteiger partial charge is 0.256 e. The summed E-state index contributed by atoms with van der Waals surface area (Å²) in [6.45, 7) is 8.74. The molecule has 5 heteroatoms. The fraction of sp³-hybridized carbons (Fsp3) is 0.429. The summed E-state index contributed by atoms with van der Waals surface area (Å²) in [5.41, 5.74) is 9.07. The molecule has 1 aromatic heterocycles. The molecule has 1 aliphatic rings.